The maximum Gasteiger partial charge on any atom is 0.123 e. The van der Waals surface area contributed by atoms with Crippen molar-refractivity contribution in [3.8, 4) is 0 Å². The van der Waals surface area contributed by atoms with E-state index in [2.05, 4.69) is 0 Å². The van der Waals surface area contributed by atoms with Crippen LogP contribution >= 0.6 is 0 Å². The van der Waals surface area contributed by atoms with E-state index in [1.165, 1.54) is 12.1 Å². The standard InChI is InChI=1S/C9H12FN/c1-11(2)7-8-3-5-9(10)6-4-8/h3-6H,7H2,1-2H3. The maximum absolute atomic E-state index is 12.4. The first-order valence-corrected chi connectivity index (χ1v) is 3.57. The van der Waals surface area contributed by atoms with E-state index >= 15 is 0 Å². The van der Waals surface area contributed by atoms with Crippen LogP contribution in [-0.4, -0.2) is 19.0 Å². The Morgan fingerprint density at radius 2 is 1.73 bits per heavy atom. The molecule has 0 aliphatic heterocycles. The summed E-state index contributed by atoms with van der Waals surface area (Å²) in [6, 6.07) is 6.57. The monoisotopic (exact) mass is 153 g/mol. The first-order chi connectivity index (χ1) is 5.18. The van der Waals surface area contributed by atoms with Crippen molar-refractivity contribution in [3.63, 3.8) is 0 Å². The second-order valence-corrected chi connectivity index (χ2v) is 2.86. The Morgan fingerprint density at radius 3 is 2.18 bits per heavy atom. The van der Waals surface area contributed by atoms with Crippen molar-refractivity contribution in [2.24, 2.45) is 0 Å². The van der Waals surface area contributed by atoms with Gasteiger partial charge in [-0.3, -0.25) is 0 Å². The van der Waals surface area contributed by atoms with Crippen LogP contribution in [0.5, 0.6) is 0 Å². The molecule has 0 atom stereocenters. The molecule has 1 aromatic carbocycles. The number of nitrogens with zero attached hydrogens (tertiary/aromatic N) is 1. The molecule has 0 radical (unpaired) electrons. The van der Waals surface area contributed by atoms with Crippen molar-refractivity contribution >= 4 is 0 Å². The topological polar surface area (TPSA) is 3.24 Å². The lowest BCUT2D eigenvalue weighted by Gasteiger charge is -2.08. The van der Waals surface area contributed by atoms with Crippen LogP contribution in [0.15, 0.2) is 24.3 Å². The molecule has 0 aliphatic carbocycles. The lowest BCUT2D eigenvalue weighted by molar-refractivity contribution is 0.402. The lowest BCUT2D eigenvalue weighted by Crippen LogP contribution is -2.10. The highest BCUT2D eigenvalue weighted by molar-refractivity contribution is 5.15. The van der Waals surface area contributed by atoms with Crippen LogP contribution in [0.2, 0.25) is 0 Å². The molecule has 1 nitrogen and oxygen atoms in total. The molecule has 1 rings (SSSR count). The van der Waals surface area contributed by atoms with Crippen LogP contribution in [0.4, 0.5) is 4.39 Å². The molecule has 0 aromatic heterocycles. The van der Waals surface area contributed by atoms with E-state index in [0.29, 0.717) is 0 Å². The molecule has 0 saturated heterocycles. The van der Waals surface area contributed by atoms with E-state index in [4.69, 9.17) is 0 Å². The fraction of sp³-hybridized carbons (Fsp3) is 0.333. The smallest absolute Gasteiger partial charge is 0.123 e. The Bertz CT molecular complexity index is 216. The summed E-state index contributed by atoms with van der Waals surface area (Å²) in [5.74, 6) is -0.174. The first-order valence-electron chi connectivity index (χ1n) is 3.57. The van der Waals surface area contributed by atoms with E-state index < -0.39 is 0 Å². The van der Waals surface area contributed by atoms with Crippen LogP contribution in [0.25, 0.3) is 0 Å². The molecule has 11 heavy (non-hydrogen) atoms. The highest BCUT2D eigenvalue weighted by atomic mass is 19.1. The average Bonchev–Trinajstić information content (AvgIpc) is 1.93. The van der Waals surface area contributed by atoms with Gasteiger partial charge in [0, 0.05) is 6.54 Å². The SMILES string of the molecule is CN(C)Cc1ccc(F)cc1. The van der Waals surface area contributed by atoms with Crippen molar-refractivity contribution < 1.29 is 4.39 Å². The Kier molecular flexibility index (Phi) is 2.60. The van der Waals surface area contributed by atoms with E-state index in [1.807, 2.05) is 19.0 Å². The summed E-state index contributed by atoms with van der Waals surface area (Å²) in [4.78, 5) is 2.05. The fourth-order valence-corrected chi connectivity index (χ4v) is 0.955. The summed E-state index contributed by atoms with van der Waals surface area (Å²) < 4.78 is 12.4. The Balaban J connectivity index is 2.66. The van der Waals surface area contributed by atoms with Crippen LogP contribution < -0.4 is 0 Å². The van der Waals surface area contributed by atoms with Crippen molar-refractivity contribution in [2.45, 2.75) is 6.54 Å². The van der Waals surface area contributed by atoms with Gasteiger partial charge in [-0.15, -0.1) is 0 Å². The zero-order chi connectivity index (χ0) is 8.27. The van der Waals surface area contributed by atoms with Crippen LogP contribution in [0, 0.1) is 5.82 Å². The minimum Gasteiger partial charge on any atom is -0.305 e. The highest BCUT2D eigenvalue weighted by Crippen LogP contribution is 2.03. The molecular weight excluding hydrogens is 141 g/mol. The largest absolute Gasteiger partial charge is 0.305 e. The predicted octanol–water partition coefficient (Wildman–Crippen LogP) is 1.89. The zero-order valence-corrected chi connectivity index (χ0v) is 6.84. The van der Waals surface area contributed by atoms with E-state index in [-0.39, 0.29) is 5.82 Å². The molecule has 0 amide bonds. The Morgan fingerprint density at radius 1 is 1.18 bits per heavy atom. The van der Waals surface area contributed by atoms with Crippen molar-refractivity contribution in [3.05, 3.63) is 35.6 Å². The minimum absolute atomic E-state index is 0.174. The molecule has 1 aromatic rings. The molecule has 60 valence electrons. The van der Waals surface area contributed by atoms with Crippen LogP contribution in [-0.2, 0) is 6.54 Å². The molecule has 0 spiro atoms. The third-order valence-electron chi connectivity index (χ3n) is 1.41. The predicted molar refractivity (Wildman–Crippen MR) is 43.8 cm³/mol. The van der Waals surface area contributed by atoms with E-state index in [0.717, 1.165) is 12.1 Å². The van der Waals surface area contributed by atoms with Gasteiger partial charge in [-0.05, 0) is 31.8 Å². The summed E-state index contributed by atoms with van der Waals surface area (Å²) in [5.41, 5.74) is 1.14. The molecule has 0 aliphatic rings. The molecule has 0 N–H and O–H groups in total. The van der Waals surface area contributed by atoms with Gasteiger partial charge in [0.05, 0.1) is 0 Å². The number of benzene rings is 1. The summed E-state index contributed by atoms with van der Waals surface area (Å²) in [6.45, 7) is 0.861. The molecule has 0 unspecified atom stereocenters. The quantitative estimate of drug-likeness (QED) is 0.627. The fourth-order valence-electron chi connectivity index (χ4n) is 0.955. The second kappa shape index (κ2) is 3.49. The van der Waals surface area contributed by atoms with Crippen molar-refractivity contribution in [1.82, 2.24) is 4.90 Å². The van der Waals surface area contributed by atoms with Gasteiger partial charge in [0.2, 0.25) is 0 Å². The van der Waals surface area contributed by atoms with Crippen LogP contribution in [0.1, 0.15) is 5.56 Å². The molecular formula is C9H12FN. The third-order valence-corrected chi connectivity index (χ3v) is 1.41. The average molecular weight is 153 g/mol. The van der Waals surface area contributed by atoms with Gasteiger partial charge in [-0.2, -0.15) is 0 Å². The Labute approximate surface area is 66.5 Å². The van der Waals surface area contributed by atoms with Gasteiger partial charge in [0.25, 0.3) is 0 Å². The van der Waals surface area contributed by atoms with Gasteiger partial charge in [-0.25, -0.2) is 4.39 Å². The maximum atomic E-state index is 12.4. The van der Waals surface area contributed by atoms with Gasteiger partial charge in [0.15, 0.2) is 0 Å². The first kappa shape index (κ1) is 8.21. The van der Waals surface area contributed by atoms with Crippen molar-refractivity contribution in [2.75, 3.05) is 14.1 Å². The second-order valence-electron chi connectivity index (χ2n) is 2.86. The number of rotatable bonds is 2. The summed E-state index contributed by atoms with van der Waals surface area (Å²) in [5, 5.41) is 0. The number of halogens is 1. The third kappa shape index (κ3) is 2.68. The molecule has 0 saturated carbocycles. The number of hydrogen-bond acceptors (Lipinski definition) is 1. The molecule has 2 heteroatoms. The van der Waals surface area contributed by atoms with Gasteiger partial charge < -0.3 is 4.90 Å². The normalized spacial score (nSPS) is 10.5. The Hall–Kier alpha value is -0.890. The molecule has 0 fully saturated rings. The van der Waals surface area contributed by atoms with Crippen LogP contribution in [0.3, 0.4) is 0 Å². The highest BCUT2D eigenvalue weighted by Gasteiger charge is 1.94. The van der Waals surface area contributed by atoms with Gasteiger partial charge in [0.1, 0.15) is 5.82 Å². The molecule has 0 heterocycles. The summed E-state index contributed by atoms with van der Waals surface area (Å²) in [6.07, 6.45) is 0. The van der Waals surface area contributed by atoms with Crippen molar-refractivity contribution in [1.29, 1.82) is 0 Å². The lowest BCUT2D eigenvalue weighted by atomic mass is 10.2. The van der Waals surface area contributed by atoms with E-state index in [9.17, 15) is 4.39 Å². The van der Waals surface area contributed by atoms with Gasteiger partial charge >= 0.3 is 0 Å². The summed E-state index contributed by atoms with van der Waals surface area (Å²) >= 11 is 0. The number of hydrogen-bond donors (Lipinski definition) is 0. The van der Waals surface area contributed by atoms with Gasteiger partial charge in [-0.1, -0.05) is 12.1 Å². The molecule has 0 bridgehead atoms. The minimum atomic E-state index is -0.174. The van der Waals surface area contributed by atoms with E-state index in [1.54, 1.807) is 12.1 Å². The summed E-state index contributed by atoms with van der Waals surface area (Å²) in [7, 11) is 3.98. The zero-order valence-electron chi connectivity index (χ0n) is 6.84.